The molecular formula is C23H21Cl2F5N6O3. The van der Waals surface area contributed by atoms with Gasteiger partial charge in [-0.1, -0.05) is 6.07 Å². The number of para-hydroxylation sites is 1. The molecule has 2 amide bonds. The van der Waals surface area contributed by atoms with Crippen molar-refractivity contribution in [3.05, 3.63) is 77.6 Å². The Morgan fingerprint density at radius 1 is 1.05 bits per heavy atom. The Kier molecular flexibility index (Phi) is 10.5. The molecule has 210 valence electrons. The van der Waals surface area contributed by atoms with Gasteiger partial charge in [-0.2, -0.15) is 13.2 Å². The number of carbonyl (C=O) groups is 2. The van der Waals surface area contributed by atoms with Crippen molar-refractivity contribution in [2.75, 3.05) is 18.5 Å². The van der Waals surface area contributed by atoms with Gasteiger partial charge in [0.1, 0.15) is 23.5 Å². The summed E-state index contributed by atoms with van der Waals surface area (Å²) in [4.78, 5) is 36.8. The zero-order chi connectivity index (χ0) is 26.6. The summed E-state index contributed by atoms with van der Waals surface area (Å²) in [6.07, 6.45) is 0.106. The van der Waals surface area contributed by atoms with Crippen LogP contribution in [0.25, 0.3) is 0 Å². The van der Waals surface area contributed by atoms with Crippen LogP contribution in [0.15, 0.2) is 49.2 Å². The molecule has 0 spiro atoms. The molecule has 0 bridgehead atoms. The van der Waals surface area contributed by atoms with E-state index in [9.17, 15) is 31.5 Å². The van der Waals surface area contributed by atoms with Crippen molar-refractivity contribution in [3.8, 4) is 0 Å². The van der Waals surface area contributed by atoms with E-state index in [0.717, 1.165) is 24.4 Å². The summed E-state index contributed by atoms with van der Waals surface area (Å²) in [7, 11) is 0. The van der Waals surface area contributed by atoms with Gasteiger partial charge in [0.05, 0.1) is 47.5 Å². The summed E-state index contributed by atoms with van der Waals surface area (Å²) in [5.74, 6) is -3.40. The van der Waals surface area contributed by atoms with E-state index < -0.39 is 53.0 Å². The first-order valence-corrected chi connectivity index (χ1v) is 10.8. The number of nitrogens with zero attached hydrogens (tertiary/aromatic N) is 3. The lowest BCUT2D eigenvalue weighted by atomic mass is 9.96. The van der Waals surface area contributed by atoms with Crippen molar-refractivity contribution in [1.29, 1.82) is 0 Å². The Bertz CT molecular complexity index is 1310. The highest BCUT2D eigenvalue weighted by Gasteiger charge is 2.44. The van der Waals surface area contributed by atoms with Crippen LogP contribution in [0.1, 0.15) is 28.0 Å². The highest BCUT2D eigenvalue weighted by molar-refractivity contribution is 5.99. The van der Waals surface area contributed by atoms with Crippen molar-refractivity contribution in [2.24, 2.45) is 0 Å². The summed E-state index contributed by atoms with van der Waals surface area (Å²) in [5, 5.41) is 7.31. The van der Waals surface area contributed by atoms with Crippen LogP contribution in [0.2, 0.25) is 0 Å². The molecule has 1 fully saturated rings. The number of alkyl halides is 3. The molecule has 39 heavy (non-hydrogen) atoms. The Morgan fingerprint density at radius 2 is 1.77 bits per heavy atom. The number of benzene rings is 1. The molecule has 0 radical (unpaired) electrons. The largest absolute Gasteiger partial charge is 0.418 e. The minimum Gasteiger partial charge on any atom is -0.378 e. The third-order valence-electron chi connectivity index (χ3n) is 5.55. The van der Waals surface area contributed by atoms with Crippen LogP contribution in [0.4, 0.5) is 33.3 Å². The van der Waals surface area contributed by atoms with E-state index in [4.69, 9.17) is 4.74 Å². The predicted octanol–water partition coefficient (Wildman–Crippen LogP) is 3.96. The number of anilines is 2. The summed E-state index contributed by atoms with van der Waals surface area (Å²) >= 11 is 0. The van der Waals surface area contributed by atoms with E-state index in [1.54, 1.807) is 0 Å². The number of pyridine rings is 1. The summed E-state index contributed by atoms with van der Waals surface area (Å²) in [6, 6.07) is 3.25. The third kappa shape index (κ3) is 7.28. The quantitative estimate of drug-likeness (QED) is 0.354. The molecule has 1 atom stereocenters. The molecule has 3 N–H and O–H groups in total. The molecule has 0 saturated carbocycles. The maximum Gasteiger partial charge on any atom is 0.418 e. The summed E-state index contributed by atoms with van der Waals surface area (Å²) < 4.78 is 73.6. The zero-order valence-corrected chi connectivity index (χ0v) is 21.4. The first kappa shape index (κ1) is 31.6. The molecule has 3 aromatic rings. The van der Waals surface area contributed by atoms with Gasteiger partial charge < -0.3 is 20.7 Å². The van der Waals surface area contributed by atoms with Crippen LogP contribution in [0.3, 0.4) is 0 Å². The molecule has 1 aromatic carbocycles. The minimum absolute atomic E-state index is 0. The average molecular weight is 595 g/mol. The Balaban J connectivity index is 0.00000267. The molecule has 0 aliphatic carbocycles. The van der Waals surface area contributed by atoms with Gasteiger partial charge in [-0.3, -0.25) is 14.6 Å². The van der Waals surface area contributed by atoms with Gasteiger partial charge in [-0.25, -0.2) is 18.7 Å². The van der Waals surface area contributed by atoms with Crippen molar-refractivity contribution < 1.29 is 36.3 Å². The van der Waals surface area contributed by atoms with Crippen molar-refractivity contribution in [1.82, 2.24) is 25.6 Å². The lowest BCUT2D eigenvalue weighted by molar-refractivity contribution is -0.137. The van der Waals surface area contributed by atoms with Gasteiger partial charge in [-0.15, -0.1) is 24.8 Å². The van der Waals surface area contributed by atoms with E-state index in [-0.39, 0.29) is 61.4 Å². The summed E-state index contributed by atoms with van der Waals surface area (Å²) in [6.45, 7) is -0.326. The smallest absolute Gasteiger partial charge is 0.378 e. The molecule has 1 aliphatic rings. The summed E-state index contributed by atoms with van der Waals surface area (Å²) in [5.41, 5.74) is -3.91. The molecular weight excluding hydrogens is 574 g/mol. The normalized spacial score (nSPS) is 16.4. The number of carbonyl (C=O) groups excluding carboxylic acids is 2. The van der Waals surface area contributed by atoms with E-state index in [2.05, 4.69) is 30.9 Å². The molecule has 4 rings (SSSR count). The standard InChI is InChI=1S/C23H19F5N6O3.2ClH/c24-16-3-1-2-15(23(26,27)28)19(16)33-14-6-17(25)18(31-9-14)10-32-21(36)22(4-5-37-11-22)34-20(35)13-7-29-12-30-8-13;;/h1-3,6-9,12,33H,4-5,10-11H2,(H,32,36)(H,34,35);2*1H/t22-;;/m0../s1. The van der Waals surface area contributed by atoms with Crippen LogP contribution in [-0.2, 0) is 22.3 Å². The monoisotopic (exact) mass is 594 g/mol. The lowest BCUT2D eigenvalue weighted by Crippen LogP contribution is -2.59. The van der Waals surface area contributed by atoms with Gasteiger partial charge >= 0.3 is 6.18 Å². The fourth-order valence-electron chi connectivity index (χ4n) is 3.63. The second-order valence-corrected chi connectivity index (χ2v) is 8.09. The Hall–Kier alpha value is -3.62. The first-order chi connectivity index (χ1) is 17.6. The number of ether oxygens (including phenoxy) is 1. The van der Waals surface area contributed by atoms with Crippen LogP contribution >= 0.6 is 24.8 Å². The number of aromatic nitrogens is 3. The van der Waals surface area contributed by atoms with Crippen LogP contribution < -0.4 is 16.0 Å². The van der Waals surface area contributed by atoms with Gasteiger partial charge in [0.2, 0.25) is 5.91 Å². The van der Waals surface area contributed by atoms with Crippen molar-refractivity contribution >= 4 is 48.0 Å². The molecule has 9 nitrogen and oxygen atoms in total. The predicted molar refractivity (Wildman–Crippen MR) is 133 cm³/mol. The number of nitrogens with one attached hydrogen (secondary N) is 3. The lowest BCUT2D eigenvalue weighted by Gasteiger charge is -2.27. The minimum atomic E-state index is -4.84. The molecule has 1 aliphatic heterocycles. The maximum atomic E-state index is 14.7. The van der Waals surface area contributed by atoms with Gasteiger partial charge in [-0.05, 0) is 12.1 Å². The maximum absolute atomic E-state index is 14.7. The fraction of sp³-hybridized carbons (Fsp3) is 0.261. The van der Waals surface area contributed by atoms with Crippen LogP contribution in [0.5, 0.6) is 0 Å². The first-order valence-electron chi connectivity index (χ1n) is 10.8. The molecule has 0 unspecified atom stereocenters. The second-order valence-electron chi connectivity index (χ2n) is 8.09. The molecule has 1 saturated heterocycles. The highest BCUT2D eigenvalue weighted by Crippen LogP contribution is 2.37. The SMILES string of the molecule is Cl.Cl.O=C(N[C@@]1(C(=O)NCc2ncc(Nc3c(F)cccc3C(F)(F)F)cc2F)CCOC1)c1cncnc1. The fourth-order valence-corrected chi connectivity index (χ4v) is 3.63. The Morgan fingerprint density at radius 3 is 2.38 bits per heavy atom. The number of amides is 2. The van der Waals surface area contributed by atoms with E-state index in [1.165, 1.54) is 18.7 Å². The van der Waals surface area contributed by atoms with Crippen molar-refractivity contribution in [3.63, 3.8) is 0 Å². The second kappa shape index (κ2) is 13.0. The van der Waals surface area contributed by atoms with E-state index in [1.807, 2.05) is 0 Å². The van der Waals surface area contributed by atoms with Gasteiger partial charge in [0.25, 0.3) is 5.91 Å². The van der Waals surface area contributed by atoms with Gasteiger partial charge in [0.15, 0.2) is 0 Å². The Labute approximate surface area is 230 Å². The third-order valence-corrected chi connectivity index (χ3v) is 5.55. The average Bonchev–Trinajstić information content (AvgIpc) is 3.34. The van der Waals surface area contributed by atoms with E-state index in [0.29, 0.717) is 6.07 Å². The van der Waals surface area contributed by atoms with Crippen LogP contribution in [0, 0.1) is 11.6 Å². The topological polar surface area (TPSA) is 118 Å². The molecule has 16 heteroatoms. The van der Waals surface area contributed by atoms with Crippen LogP contribution in [-0.4, -0.2) is 45.5 Å². The number of rotatable bonds is 7. The molecule has 3 heterocycles. The number of hydrogen-bond acceptors (Lipinski definition) is 7. The molecule has 2 aromatic heterocycles. The van der Waals surface area contributed by atoms with E-state index >= 15 is 0 Å². The zero-order valence-electron chi connectivity index (χ0n) is 19.7. The van der Waals surface area contributed by atoms with Gasteiger partial charge in [0, 0.05) is 31.5 Å². The van der Waals surface area contributed by atoms with Crippen molar-refractivity contribution in [2.45, 2.75) is 24.7 Å². The number of hydrogen-bond donors (Lipinski definition) is 3. The number of halogens is 7. The highest BCUT2D eigenvalue weighted by atomic mass is 35.5.